The van der Waals surface area contributed by atoms with E-state index in [2.05, 4.69) is 29.8 Å². The van der Waals surface area contributed by atoms with Gasteiger partial charge < -0.3 is 11.1 Å². The van der Waals surface area contributed by atoms with Crippen molar-refractivity contribution in [2.75, 3.05) is 13.1 Å². The molecule has 0 fully saturated rings. The number of nitrogens with two attached hydrogens (primary N) is 1. The number of hydrogen-bond acceptors (Lipinski definition) is 3. The molecule has 0 saturated carbocycles. The summed E-state index contributed by atoms with van der Waals surface area (Å²) in [6.45, 7) is 3.84. The summed E-state index contributed by atoms with van der Waals surface area (Å²) >= 11 is 1.81. The van der Waals surface area contributed by atoms with Gasteiger partial charge in [0.2, 0.25) is 0 Å². The minimum atomic E-state index is 0.435. The molecule has 1 aromatic heterocycles. The Bertz CT molecular complexity index is 196. The fraction of sp³-hybridized carbons (Fsp3) is 0.556. The zero-order valence-electron chi connectivity index (χ0n) is 7.42. The van der Waals surface area contributed by atoms with Crippen molar-refractivity contribution in [1.82, 2.24) is 5.32 Å². The van der Waals surface area contributed by atoms with E-state index in [1.54, 1.807) is 0 Å². The van der Waals surface area contributed by atoms with Crippen LogP contribution in [0.15, 0.2) is 17.5 Å². The van der Waals surface area contributed by atoms with E-state index in [1.165, 1.54) is 4.88 Å². The van der Waals surface area contributed by atoms with Gasteiger partial charge in [-0.1, -0.05) is 6.07 Å². The van der Waals surface area contributed by atoms with Crippen LogP contribution in [0.3, 0.4) is 0 Å². The molecule has 0 bridgehead atoms. The molecule has 2 nitrogen and oxygen atoms in total. The highest BCUT2D eigenvalue weighted by Crippen LogP contribution is 2.07. The summed E-state index contributed by atoms with van der Waals surface area (Å²) in [6.07, 6.45) is 1.11. The van der Waals surface area contributed by atoms with Crippen molar-refractivity contribution in [3.8, 4) is 0 Å². The first-order chi connectivity index (χ1) is 5.83. The van der Waals surface area contributed by atoms with Crippen molar-refractivity contribution in [2.45, 2.75) is 19.4 Å². The van der Waals surface area contributed by atoms with Gasteiger partial charge in [-0.3, -0.25) is 0 Å². The Balaban J connectivity index is 2.11. The average Bonchev–Trinajstić information content (AvgIpc) is 2.57. The van der Waals surface area contributed by atoms with Crippen LogP contribution >= 0.6 is 11.3 Å². The van der Waals surface area contributed by atoms with Gasteiger partial charge in [0.1, 0.15) is 0 Å². The normalized spacial score (nSPS) is 13.2. The molecule has 1 heterocycles. The third kappa shape index (κ3) is 3.34. The highest BCUT2D eigenvalue weighted by Gasteiger charge is 1.97. The molecular formula is C9H16N2S. The maximum Gasteiger partial charge on any atom is 0.0162 e. The highest BCUT2D eigenvalue weighted by atomic mass is 32.1. The topological polar surface area (TPSA) is 38.0 Å². The van der Waals surface area contributed by atoms with E-state index in [-0.39, 0.29) is 0 Å². The predicted octanol–water partition coefficient (Wildman–Crippen LogP) is 1.23. The quantitative estimate of drug-likeness (QED) is 0.722. The van der Waals surface area contributed by atoms with Crippen molar-refractivity contribution in [3.05, 3.63) is 22.4 Å². The predicted molar refractivity (Wildman–Crippen MR) is 54.5 cm³/mol. The lowest BCUT2D eigenvalue weighted by Crippen LogP contribution is -2.34. The molecule has 1 aromatic rings. The van der Waals surface area contributed by atoms with Gasteiger partial charge >= 0.3 is 0 Å². The molecule has 3 N–H and O–H groups in total. The second kappa shape index (κ2) is 5.30. The maximum atomic E-state index is 5.47. The van der Waals surface area contributed by atoms with Gasteiger partial charge in [0.15, 0.2) is 0 Å². The van der Waals surface area contributed by atoms with Gasteiger partial charge in [-0.15, -0.1) is 11.3 Å². The Kier molecular flexibility index (Phi) is 4.29. The molecule has 0 spiro atoms. The van der Waals surface area contributed by atoms with Crippen LogP contribution < -0.4 is 11.1 Å². The summed E-state index contributed by atoms with van der Waals surface area (Å²) in [5, 5.41) is 5.47. The molecule has 0 aliphatic carbocycles. The van der Waals surface area contributed by atoms with E-state index < -0.39 is 0 Å². The van der Waals surface area contributed by atoms with Crippen LogP contribution in [0.25, 0.3) is 0 Å². The lowest BCUT2D eigenvalue weighted by molar-refractivity contribution is 0.560. The van der Waals surface area contributed by atoms with E-state index in [9.17, 15) is 0 Å². The van der Waals surface area contributed by atoms with E-state index >= 15 is 0 Å². The molecule has 0 aromatic carbocycles. The van der Waals surface area contributed by atoms with Crippen molar-refractivity contribution in [3.63, 3.8) is 0 Å². The SMILES string of the molecule is CC(CN)NCCc1cccs1. The van der Waals surface area contributed by atoms with Gasteiger partial charge in [-0.05, 0) is 24.8 Å². The van der Waals surface area contributed by atoms with E-state index in [1.807, 2.05) is 11.3 Å². The largest absolute Gasteiger partial charge is 0.329 e. The maximum absolute atomic E-state index is 5.47. The molecule has 12 heavy (non-hydrogen) atoms. The summed E-state index contributed by atoms with van der Waals surface area (Å²) in [5.41, 5.74) is 5.47. The van der Waals surface area contributed by atoms with Crippen molar-refractivity contribution >= 4 is 11.3 Å². The van der Waals surface area contributed by atoms with Crippen molar-refractivity contribution in [2.24, 2.45) is 5.73 Å². The molecule has 0 radical (unpaired) electrons. The minimum absolute atomic E-state index is 0.435. The molecule has 1 unspecified atom stereocenters. The molecule has 1 rings (SSSR count). The van der Waals surface area contributed by atoms with Gasteiger partial charge in [-0.2, -0.15) is 0 Å². The summed E-state index contributed by atoms with van der Waals surface area (Å²) in [7, 11) is 0. The summed E-state index contributed by atoms with van der Waals surface area (Å²) in [5.74, 6) is 0. The van der Waals surface area contributed by atoms with Crippen molar-refractivity contribution < 1.29 is 0 Å². The molecule has 0 amide bonds. The van der Waals surface area contributed by atoms with Gasteiger partial charge in [0.05, 0.1) is 0 Å². The zero-order chi connectivity index (χ0) is 8.81. The van der Waals surface area contributed by atoms with Gasteiger partial charge in [0, 0.05) is 24.0 Å². The number of thiophene rings is 1. The molecule has 0 saturated heterocycles. The van der Waals surface area contributed by atoms with Crippen LogP contribution in [0.4, 0.5) is 0 Å². The highest BCUT2D eigenvalue weighted by molar-refractivity contribution is 7.09. The fourth-order valence-corrected chi connectivity index (χ4v) is 1.69. The molecule has 0 aliphatic heterocycles. The monoisotopic (exact) mass is 184 g/mol. The Morgan fingerprint density at radius 1 is 1.67 bits per heavy atom. The number of nitrogens with one attached hydrogen (secondary N) is 1. The fourth-order valence-electron chi connectivity index (χ4n) is 0.980. The van der Waals surface area contributed by atoms with Crippen LogP contribution in [0.1, 0.15) is 11.8 Å². The Labute approximate surface area is 77.8 Å². The molecule has 3 heteroatoms. The average molecular weight is 184 g/mol. The van der Waals surface area contributed by atoms with E-state index in [0.29, 0.717) is 12.6 Å². The van der Waals surface area contributed by atoms with Crippen LogP contribution in [0, 0.1) is 0 Å². The van der Waals surface area contributed by atoms with E-state index in [4.69, 9.17) is 5.73 Å². The Hall–Kier alpha value is -0.380. The lowest BCUT2D eigenvalue weighted by Gasteiger charge is -2.09. The zero-order valence-corrected chi connectivity index (χ0v) is 8.23. The first-order valence-electron chi connectivity index (χ1n) is 4.28. The molecule has 0 aliphatic rings. The van der Waals surface area contributed by atoms with E-state index in [0.717, 1.165) is 13.0 Å². The second-order valence-corrected chi connectivity index (χ2v) is 3.95. The molecule has 68 valence electrons. The van der Waals surface area contributed by atoms with Crippen molar-refractivity contribution in [1.29, 1.82) is 0 Å². The summed E-state index contributed by atoms with van der Waals surface area (Å²) < 4.78 is 0. The second-order valence-electron chi connectivity index (χ2n) is 2.92. The summed E-state index contributed by atoms with van der Waals surface area (Å²) in [6, 6.07) is 4.69. The molecule has 1 atom stereocenters. The smallest absolute Gasteiger partial charge is 0.0162 e. The Morgan fingerprint density at radius 3 is 3.08 bits per heavy atom. The molecular weight excluding hydrogens is 168 g/mol. The van der Waals surface area contributed by atoms with Gasteiger partial charge in [0.25, 0.3) is 0 Å². The van der Waals surface area contributed by atoms with Gasteiger partial charge in [-0.25, -0.2) is 0 Å². The van der Waals surface area contributed by atoms with Crippen LogP contribution in [-0.4, -0.2) is 19.1 Å². The lowest BCUT2D eigenvalue weighted by atomic mass is 10.3. The third-order valence-electron chi connectivity index (χ3n) is 1.80. The standard InChI is InChI=1S/C9H16N2S/c1-8(7-10)11-5-4-9-3-2-6-12-9/h2-3,6,8,11H,4-5,7,10H2,1H3. The van der Waals surface area contributed by atoms with Crippen LogP contribution in [-0.2, 0) is 6.42 Å². The number of rotatable bonds is 5. The number of hydrogen-bond donors (Lipinski definition) is 2. The van der Waals surface area contributed by atoms with Crippen LogP contribution in [0.2, 0.25) is 0 Å². The minimum Gasteiger partial charge on any atom is -0.329 e. The van der Waals surface area contributed by atoms with Crippen LogP contribution in [0.5, 0.6) is 0 Å². The third-order valence-corrected chi connectivity index (χ3v) is 2.73. The summed E-state index contributed by atoms with van der Waals surface area (Å²) in [4.78, 5) is 1.44. The Morgan fingerprint density at radius 2 is 2.50 bits per heavy atom. The first-order valence-corrected chi connectivity index (χ1v) is 5.16. The first kappa shape index (κ1) is 9.71.